The standard InChI is InChI=1S/C24H31F3N4/c1-28-23(30-16-19-13-15-31(17-19)18-24(25,26)27)29-14-12-22(20-8-4-2-5-9-20)21-10-6-3-7-11-21/h2-11,19,22H,12-18H2,1H3,(H2,28,29,30). The fourth-order valence-electron chi connectivity index (χ4n) is 4.17. The van der Waals surface area contributed by atoms with Crippen LogP contribution in [0.1, 0.15) is 29.9 Å². The van der Waals surface area contributed by atoms with Gasteiger partial charge in [0.15, 0.2) is 5.96 Å². The lowest BCUT2D eigenvalue weighted by Gasteiger charge is -2.20. The number of nitrogens with zero attached hydrogens (tertiary/aromatic N) is 2. The second-order valence-electron chi connectivity index (χ2n) is 8.05. The van der Waals surface area contributed by atoms with Crippen LogP contribution >= 0.6 is 0 Å². The lowest BCUT2D eigenvalue weighted by atomic mass is 9.88. The second-order valence-corrected chi connectivity index (χ2v) is 8.05. The summed E-state index contributed by atoms with van der Waals surface area (Å²) in [5, 5.41) is 6.64. The number of halogens is 3. The van der Waals surface area contributed by atoms with Crippen molar-refractivity contribution in [2.75, 3.05) is 39.8 Å². The summed E-state index contributed by atoms with van der Waals surface area (Å²) < 4.78 is 37.7. The Morgan fingerprint density at radius 2 is 1.65 bits per heavy atom. The Labute approximate surface area is 182 Å². The average molecular weight is 433 g/mol. The number of hydrogen-bond donors (Lipinski definition) is 2. The van der Waals surface area contributed by atoms with Gasteiger partial charge >= 0.3 is 6.18 Å². The summed E-state index contributed by atoms with van der Waals surface area (Å²) in [4.78, 5) is 5.75. The van der Waals surface area contributed by atoms with E-state index in [2.05, 4.69) is 64.2 Å². The lowest BCUT2D eigenvalue weighted by Crippen LogP contribution is -2.41. The minimum Gasteiger partial charge on any atom is -0.356 e. The molecule has 0 spiro atoms. The van der Waals surface area contributed by atoms with Gasteiger partial charge in [0.25, 0.3) is 0 Å². The predicted molar refractivity (Wildman–Crippen MR) is 119 cm³/mol. The summed E-state index contributed by atoms with van der Waals surface area (Å²) in [6.45, 7) is 1.49. The van der Waals surface area contributed by atoms with Gasteiger partial charge in [0.1, 0.15) is 0 Å². The molecule has 2 aromatic rings. The zero-order valence-electron chi connectivity index (χ0n) is 17.9. The molecule has 2 aromatic carbocycles. The number of alkyl halides is 3. The van der Waals surface area contributed by atoms with Gasteiger partial charge in [0.05, 0.1) is 6.54 Å². The van der Waals surface area contributed by atoms with E-state index in [1.165, 1.54) is 16.0 Å². The van der Waals surface area contributed by atoms with Crippen LogP contribution in [0.25, 0.3) is 0 Å². The molecule has 0 bridgehead atoms. The van der Waals surface area contributed by atoms with E-state index in [0.29, 0.717) is 25.6 Å². The number of likely N-dealkylation sites (tertiary alicyclic amines) is 1. The summed E-state index contributed by atoms with van der Waals surface area (Å²) >= 11 is 0. The third kappa shape index (κ3) is 7.58. The Hall–Kier alpha value is -2.54. The Morgan fingerprint density at radius 1 is 1.03 bits per heavy atom. The van der Waals surface area contributed by atoms with E-state index in [0.717, 1.165) is 19.4 Å². The fourth-order valence-corrected chi connectivity index (χ4v) is 4.17. The van der Waals surface area contributed by atoms with Gasteiger partial charge < -0.3 is 10.6 Å². The van der Waals surface area contributed by atoms with Crippen LogP contribution in [0.3, 0.4) is 0 Å². The van der Waals surface area contributed by atoms with Gasteiger partial charge in [-0.05, 0) is 36.4 Å². The molecule has 1 aliphatic heterocycles. The third-order valence-corrected chi connectivity index (χ3v) is 5.68. The highest BCUT2D eigenvalue weighted by atomic mass is 19.4. The molecule has 1 fully saturated rings. The van der Waals surface area contributed by atoms with Crippen molar-refractivity contribution in [3.05, 3.63) is 71.8 Å². The van der Waals surface area contributed by atoms with Crippen LogP contribution in [0.15, 0.2) is 65.7 Å². The van der Waals surface area contributed by atoms with Crippen molar-refractivity contribution in [2.24, 2.45) is 10.9 Å². The molecule has 4 nitrogen and oxygen atoms in total. The SMILES string of the molecule is CN=C(NCCC(c1ccccc1)c1ccccc1)NCC1CCN(CC(F)(F)F)C1. The van der Waals surface area contributed by atoms with E-state index >= 15 is 0 Å². The zero-order chi connectivity index (χ0) is 22.1. The first-order valence-electron chi connectivity index (χ1n) is 10.8. The van der Waals surface area contributed by atoms with Gasteiger partial charge in [-0.3, -0.25) is 9.89 Å². The van der Waals surface area contributed by atoms with Gasteiger partial charge in [-0.15, -0.1) is 0 Å². The second kappa shape index (κ2) is 11.2. The summed E-state index contributed by atoms with van der Waals surface area (Å²) in [6, 6.07) is 20.9. The first-order valence-corrected chi connectivity index (χ1v) is 10.8. The number of nitrogens with one attached hydrogen (secondary N) is 2. The average Bonchev–Trinajstić information content (AvgIpc) is 3.20. The lowest BCUT2D eigenvalue weighted by molar-refractivity contribution is -0.143. The Kier molecular flexibility index (Phi) is 8.35. The largest absolute Gasteiger partial charge is 0.401 e. The Balaban J connectivity index is 1.47. The molecule has 0 radical (unpaired) electrons. The molecule has 1 unspecified atom stereocenters. The number of aliphatic imine (C=N–C) groups is 1. The van der Waals surface area contributed by atoms with Crippen molar-refractivity contribution in [1.82, 2.24) is 15.5 Å². The number of hydrogen-bond acceptors (Lipinski definition) is 2. The molecule has 3 rings (SSSR count). The van der Waals surface area contributed by atoms with Crippen LogP contribution < -0.4 is 10.6 Å². The highest BCUT2D eigenvalue weighted by Gasteiger charge is 2.34. The van der Waals surface area contributed by atoms with Crippen molar-refractivity contribution in [1.29, 1.82) is 0 Å². The molecule has 168 valence electrons. The minimum atomic E-state index is -4.13. The van der Waals surface area contributed by atoms with Crippen LogP contribution in [-0.4, -0.2) is 56.8 Å². The van der Waals surface area contributed by atoms with Crippen LogP contribution in [0.2, 0.25) is 0 Å². The molecular weight excluding hydrogens is 401 g/mol. The van der Waals surface area contributed by atoms with Gasteiger partial charge in [0, 0.05) is 32.6 Å². The maximum absolute atomic E-state index is 12.6. The molecule has 1 saturated heterocycles. The maximum atomic E-state index is 12.6. The number of guanidine groups is 1. The summed E-state index contributed by atoms with van der Waals surface area (Å²) in [6.07, 6.45) is -2.46. The molecular formula is C24H31F3N4. The van der Waals surface area contributed by atoms with Gasteiger partial charge in [-0.1, -0.05) is 60.7 Å². The van der Waals surface area contributed by atoms with E-state index < -0.39 is 12.7 Å². The van der Waals surface area contributed by atoms with Crippen molar-refractivity contribution >= 4 is 5.96 Å². The van der Waals surface area contributed by atoms with E-state index in [-0.39, 0.29) is 11.8 Å². The van der Waals surface area contributed by atoms with E-state index in [9.17, 15) is 13.2 Å². The smallest absolute Gasteiger partial charge is 0.356 e. The minimum absolute atomic E-state index is 0.197. The first kappa shape index (κ1) is 23.1. The molecule has 0 aliphatic carbocycles. The molecule has 31 heavy (non-hydrogen) atoms. The summed E-state index contributed by atoms with van der Waals surface area (Å²) in [5.74, 6) is 1.16. The molecule has 0 aromatic heterocycles. The quantitative estimate of drug-likeness (QED) is 0.484. The molecule has 1 atom stereocenters. The van der Waals surface area contributed by atoms with Gasteiger partial charge in [0.2, 0.25) is 0 Å². The number of rotatable bonds is 8. The number of benzene rings is 2. The monoisotopic (exact) mass is 432 g/mol. The molecule has 0 amide bonds. The zero-order valence-corrected chi connectivity index (χ0v) is 17.9. The fraction of sp³-hybridized carbons (Fsp3) is 0.458. The van der Waals surface area contributed by atoms with Crippen LogP contribution in [-0.2, 0) is 0 Å². The molecule has 7 heteroatoms. The molecule has 1 heterocycles. The van der Waals surface area contributed by atoms with Gasteiger partial charge in [-0.2, -0.15) is 13.2 Å². The van der Waals surface area contributed by atoms with Crippen molar-refractivity contribution in [3.63, 3.8) is 0 Å². The molecule has 2 N–H and O–H groups in total. The van der Waals surface area contributed by atoms with Crippen molar-refractivity contribution in [2.45, 2.75) is 24.9 Å². The maximum Gasteiger partial charge on any atom is 0.401 e. The van der Waals surface area contributed by atoms with Crippen molar-refractivity contribution in [3.8, 4) is 0 Å². The Morgan fingerprint density at radius 3 is 2.19 bits per heavy atom. The van der Waals surface area contributed by atoms with Gasteiger partial charge in [-0.25, -0.2) is 0 Å². The van der Waals surface area contributed by atoms with Crippen LogP contribution in [0, 0.1) is 5.92 Å². The predicted octanol–water partition coefficient (Wildman–Crippen LogP) is 4.26. The molecule has 1 aliphatic rings. The topological polar surface area (TPSA) is 39.7 Å². The summed E-state index contributed by atoms with van der Waals surface area (Å²) in [5.41, 5.74) is 2.54. The van der Waals surface area contributed by atoms with E-state index in [4.69, 9.17) is 0 Å². The van der Waals surface area contributed by atoms with Crippen molar-refractivity contribution < 1.29 is 13.2 Å². The molecule has 0 saturated carbocycles. The van der Waals surface area contributed by atoms with Crippen LogP contribution in [0.5, 0.6) is 0 Å². The first-order chi connectivity index (χ1) is 14.9. The summed E-state index contributed by atoms with van der Waals surface area (Å²) in [7, 11) is 1.71. The third-order valence-electron chi connectivity index (χ3n) is 5.68. The van der Waals surface area contributed by atoms with E-state index in [1.54, 1.807) is 7.05 Å². The highest BCUT2D eigenvalue weighted by Crippen LogP contribution is 2.27. The highest BCUT2D eigenvalue weighted by molar-refractivity contribution is 5.79. The Bertz CT molecular complexity index is 769. The normalized spacial score (nSPS) is 17.8. The van der Waals surface area contributed by atoms with E-state index in [1.807, 2.05) is 12.1 Å². The van der Waals surface area contributed by atoms with Crippen LogP contribution in [0.4, 0.5) is 13.2 Å².